The Morgan fingerprint density at radius 2 is 1.84 bits per heavy atom. The summed E-state index contributed by atoms with van der Waals surface area (Å²) in [6.07, 6.45) is 8.09. The van der Waals surface area contributed by atoms with E-state index in [0.717, 1.165) is 53.6 Å². The van der Waals surface area contributed by atoms with Gasteiger partial charge in [0.1, 0.15) is 17.3 Å². The van der Waals surface area contributed by atoms with Gasteiger partial charge in [-0.2, -0.15) is 0 Å². The molecule has 1 heterocycles. The summed E-state index contributed by atoms with van der Waals surface area (Å²) in [5.74, 6) is 2.33. The predicted octanol–water partition coefficient (Wildman–Crippen LogP) is 5.72. The number of nitrogen functional groups attached to an aromatic ring is 1. The Bertz CT molecular complexity index is 1030. The fourth-order valence-corrected chi connectivity index (χ4v) is 4.38. The fraction of sp³-hybridized carbons (Fsp3) is 0.385. The topological polar surface area (TPSA) is 68.5 Å². The molecule has 1 aliphatic rings. The van der Waals surface area contributed by atoms with Gasteiger partial charge in [0.25, 0.3) is 0 Å². The van der Waals surface area contributed by atoms with Crippen molar-refractivity contribution in [2.24, 2.45) is 0 Å². The molecule has 0 atom stereocenters. The monoisotopic (exact) mass is 417 g/mol. The molecule has 2 N–H and O–H groups in total. The summed E-state index contributed by atoms with van der Waals surface area (Å²) in [4.78, 5) is 19.1. The third kappa shape index (κ3) is 5.35. The largest absolute Gasteiger partial charge is 0.457 e. The smallest absolute Gasteiger partial charge is 0.222 e. The molecule has 0 aliphatic heterocycles. The Hall–Kier alpha value is -3.08. The zero-order chi connectivity index (χ0) is 21.6. The lowest BCUT2D eigenvalue weighted by Crippen LogP contribution is -2.38. The van der Waals surface area contributed by atoms with Gasteiger partial charge >= 0.3 is 0 Å². The second-order valence-corrected chi connectivity index (χ2v) is 8.45. The van der Waals surface area contributed by atoms with Crippen LogP contribution in [0.1, 0.15) is 50.5 Å². The molecule has 31 heavy (non-hydrogen) atoms. The summed E-state index contributed by atoms with van der Waals surface area (Å²) in [7, 11) is 1.96. The van der Waals surface area contributed by atoms with Crippen LogP contribution < -0.4 is 10.5 Å². The molecule has 5 nitrogen and oxygen atoms in total. The molecular weight excluding hydrogens is 386 g/mol. The quantitative estimate of drug-likeness (QED) is 0.533. The number of fused-ring (bicyclic) bond motifs is 1. The van der Waals surface area contributed by atoms with Crippen molar-refractivity contribution in [3.05, 3.63) is 60.2 Å². The highest BCUT2D eigenvalue weighted by molar-refractivity contribution is 5.83. The number of ether oxygens (including phenoxy) is 1. The second kappa shape index (κ2) is 9.82. The van der Waals surface area contributed by atoms with Crippen molar-refractivity contribution in [2.45, 2.75) is 57.4 Å². The number of hydrogen-bond acceptors (Lipinski definition) is 4. The minimum Gasteiger partial charge on any atom is -0.457 e. The van der Waals surface area contributed by atoms with Gasteiger partial charge < -0.3 is 15.4 Å². The molecule has 162 valence electrons. The molecule has 0 radical (unpaired) electrons. The maximum Gasteiger partial charge on any atom is 0.222 e. The maximum atomic E-state index is 12.6. The van der Waals surface area contributed by atoms with Crippen LogP contribution in [-0.4, -0.2) is 28.9 Å². The van der Waals surface area contributed by atoms with Crippen molar-refractivity contribution in [2.75, 3.05) is 12.8 Å². The normalized spacial score (nSPS) is 14.5. The molecule has 0 bridgehead atoms. The van der Waals surface area contributed by atoms with Crippen molar-refractivity contribution in [3.8, 4) is 11.5 Å². The lowest BCUT2D eigenvalue weighted by Gasteiger charge is -2.31. The number of carbonyl (C=O) groups is 1. The van der Waals surface area contributed by atoms with Crippen LogP contribution in [0, 0.1) is 0 Å². The van der Waals surface area contributed by atoms with Crippen LogP contribution in [0.25, 0.3) is 10.9 Å². The summed E-state index contributed by atoms with van der Waals surface area (Å²) >= 11 is 0. The first-order chi connectivity index (χ1) is 15.1. The molecule has 0 unspecified atom stereocenters. The number of carbonyl (C=O) groups excluding carboxylic acids is 1. The van der Waals surface area contributed by atoms with Gasteiger partial charge in [0.05, 0.1) is 5.52 Å². The van der Waals surface area contributed by atoms with E-state index in [4.69, 9.17) is 10.5 Å². The first-order valence-electron chi connectivity index (χ1n) is 11.3. The molecule has 0 spiro atoms. The van der Waals surface area contributed by atoms with Crippen LogP contribution in [0.5, 0.6) is 11.5 Å². The lowest BCUT2D eigenvalue weighted by atomic mass is 9.94. The zero-order valence-corrected chi connectivity index (χ0v) is 18.2. The number of anilines is 1. The Kier molecular flexibility index (Phi) is 6.70. The average molecular weight is 418 g/mol. The lowest BCUT2D eigenvalue weighted by molar-refractivity contribution is -0.132. The van der Waals surface area contributed by atoms with E-state index in [-0.39, 0.29) is 5.91 Å². The van der Waals surface area contributed by atoms with Gasteiger partial charge in [0.15, 0.2) is 0 Å². The standard InChI is InChI=1S/C26H31N3O2/c1-29(21-10-4-2-5-11-21)25(30)14-8-9-19-17-20-18-23(15-16-24(20)28-26(19)27)31-22-12-6-3-7-13-22/h3,6-7,12-13,15-18,21H,2,4-5,8-11,14H2,1H3,(H2,27,28). The molecule has 1 fully saturated rings. The number of benzene rings is 2. The van der Waals surface area contributed by atoms with Crippen molar-refractivity contribution in [1.29, 1.82) is 0 Å². The van der Waals surface area contributed by atoms with E-state index < -0.39 is 0 Å². The number of hydrogen-bond donors (Lipinski definition) is 1. The summed E-state index contributed by atoms with van der Waals surface area (Å²) in [5.41, 5.74) is 8.03. The SMILES string of the molecule is CN(C(=O)CCCc1cc2cc(Oc3ccccc3)ccc2nc1N)C1CCCCC1. The van der Waals surface area contributed by atoms with Gasteiger partial charge in [0.2, 0.25) is 5.91 Å². The van der Waals surface area contributed by atoms with Gasteiger partial charge in [0, 0.05) is 24.9 Å². The highest BCUT2D eigenvalue weighted by Gasteiger charge is 2.21. The van der Waals surface area contributed by atoms with Crippen LogP contribution in [0.4, 0.5) is 5.82 Å². The van der Waals surface area contributed by atoms with Crippen LogP contribution >= 0.6 is 0 Å². The molecular formula is C26H31N3O2. The number of nitrogens with two attached hydrogens (primary N) is 1. The highest BCUT2D eigenvalue weighted by atomic mass is 16.5. The molecule has 3 aromatic rings. The fourth-order valence-electron chi connectivity index (χ4n) is 4.38. The van der Waals surface area contributed by atoms with E-state index in [2.05, 4.69) is 11.1 Å². The predicted molar refractivity (Wildman–Crippen MR) is 125 cm³/mol. The van der Waals surface area contributed by atoms with E-state index >= 15 is 0 Å². The molecule has 1 aliphatic carbocycles. The summed E-state index contributed by atoms with van der Waals surface area (Å²) in [6, 6.07) is 18.0. The number of para-hydroxylation sites is 1. The number of nitrogens with zero attached hydrogens (tertiary/aromatic N) is 2. The van der Waals surface area contributed by atoms with Crippen LogP contribution in [0.3, 0.4) is 0 Å². The van der Waals surface area contributed by atoms with Gasteiger partial charge in [-0.3, -0.25) is 4.79 Å². The number of pyridine rings is 1. The van der Waals surface area contributed by atoms with Gasteiger partial charge in [-0.1, -0.05) is 37.5 Å². The summed E-state index contributed by atoms with van der Waals surface area (Å²) in [6.45, 7) is 0. The first kappa shape index (κ1) is 21.2. The maximum absolute atomic E-state index is 12.6. The Labute approximate surface area is 184 Å². The Morgan fingerprint density at radius 3 is 2.61 bits per heavy atom. The van der Waals surface area contributed by atoms with Crippen LogP contribution in [0.15, 0.2) is 54.6 Å². The van der Waals surface area contributed by atoms with Crippen molar-refractivity contribution in [1.82, 2.24) is 9.88 Å². The molecule has 2 aromatic carbocycles. The summed E-state index contributed by atoms with van der Waals surface area (Å²) in [5, 5.41) is 0.989. The number of aryl methyl sites for hydroxylation is 1. The van der Waals surface area contributed by atoms with Crippen molar-refractivity contribution >= 4 is 22.6 Å². The van der Waals surface area contributed by atoms with E-state index in [1.54, 1.807) is 0 Å². The van der Waals surface area contributed by atoms with E-state index in [1.165, 1.54) is 19.3 Å². The average Bonchev–Trinajstić information content (AvgIpc) is 2.80. The molecule has 1 saturated carbocycles. The van der Waals surface area contributed by atoms with E-state index in [9.17, 15) is 4.79 Å². The third-order valence-corrected chi connectivity index (χ3v) is 6.23. The molecule has 0 saturated heterocycles. The van der Waals surface area contributed by atoms with Crippen LogP contribution in [0.2, 0.25) is 0 Å². The summed E-state index contributed by atoms with van der Waals surface area (Å²) < 4.78 is 5.94. The van der Waals surface area contributed by atoms with Gasteiger partial charge in [-0.05, 0) is 67.6 Å². The molecule has 1 amide bonds. The second-order valence-electron chi connectivity index (χ2n) is 8.45. The van der Waals surface area contributed by atoms with Gasteiger partial charge in [-0.15, -0.1) is 0 Å². The number of rotatable bonds is 7. The zero-order valence-electron chi connectivity index (χ0n) is 18.2. The number of aromatic nitrogens is 1. The van der Waals surface area contributed by atoms with E-state index in [1.807, 2.05) is 60.5 Å². The Morgan fingerprint density at radius 1 is 1.06 bits per heavy atom. The third-order valence-electron chi connectivity index (χ3n) is 6.23. The van der Waals surface area contributed by atoms with Gasteiger partial charge in [-0.25, -0.2) is 4.98 Å². The van der Waals surface area contributed by atoms with Crippen molar-refractivity contribution in [3.63, 3.8) is 0 Å². The molecule has 5 heteroatoms. The molecule has 4 rings (SSSR count). The first-order valence-corrected chi connectivity index (χ1v) is 11.3. The van der Waals surface area contributed by atoms with E-state index in [0.29, 0.717) is 18.3 Å². The number of amides is 1. The minimum atomic E-state index is 0.234. The minimum absolute atomic E-state index is 0.234. The van der Waals surface area contributed by atoms with Crippen LogP contribution in [-0.2, 0) is 11.2 Å². The molecule has 1 aromatic heterocycles. The van der Waals surface area contributed by atoms with Crippen molar-refractivity contribution < 1.29 is 9.53 Å². The Balaban J connectivity index is 1.39. The highest BCUT2D eigenvalue weighted by Crippen LogP contribution is 2.28.